The Morgan fingerprint density at radius 3 is 2.46 bits per heavy atom. The number of primary sulfonamides is 1. The number of benzene rings is 1. The van der Waals surface area contributed by atoms with Gasteiger partial charge in [0.1, 0.15) is 5.56 Å². The molecular weight excluding hydrogens is 404 g/mol. The molecule has 148 valence electrons. The maximum absolute atomic E-state index is 12.3. The first-order chi connectivity index (χ1) is 12.8. The molecule has 28 heavy (non-hydrogen) atoms. The average molecular weight is 423 g/mol. The Morgan fingerprint density at radius 2 is 1.86 bits per heavy atom. The molecule has 2 heterocycles. The molecule has 0 atom stereocenters. The van der Waals surface area contributed by atoms with Crippen LogP contribution in [0.5, 0.6) is 0 Å². The van der Waals surface area contributed by atoms with E-state index in [9.17, 15) is 13.2 Å². The van der Waals surface area contributed by atoms with Crippen LogP contribution in [-0.4, -0.2) is 31.0 Å². The normalized spacial score (nSPS) is 11.0. The molecule has 1 aromatic carbocycles. The summed E-state index contributed by atoms with van der Waals surface area (Å²) >= 11 is 0. The molecule has 0 saturated heterocycles. The van der Waals surface area contributed by atoms with Gasteiger partial charge in [0.05, 0.1) is 17.2 Å². The van der Waals surface area contributed by atoms with Crippen LogP contribution in [0.4, 0.5) is 11.4 Å². The molecular formula is C18H19ClN4O4S. The number of aromatic nitrogens is 2. The molecule has 0 radical (unpaired) electrons. The summed E-state index contributed by atoms with van der Waals surface area (Å²) in [7, 11) is -3.78. The molecule has 0 spiro atoms. The highest BCUT2D eigenvalue weighted by molar-refractivity contribution is 7.89. The SMILES string of the molecule is CCOC(=O)c1cnc2nc(C)ccc2c1Nc1ccc(S(N)(=O)=O)cc1.Cl. The van der Waals surface area contributed by atoms with E-state index < -0.39 is 16.0 Å². The monoisotopic (exact) mass is 422 g/mol. The van der Waals surface area contributed by atoms with Crippen LogP contribution < -0.4 is 10.5 Å². The number of pyridine rings is 2. The minimum Gasteiger partial charge on any atom is -0.462 e. The Bertz CT molecular complexity index is 1120. The van der Waals surface area contributed by atoms with E-state index in [2.05, 4.69) is 15.3 Å². The second-order valence-electron chi connectivity index (χ2n) is 5.79. The van der Waals surface area contributed by atoms with Gasteiger partial charge >= 0.3 is 5.97 Å². The van der Waals surface area contributed by atoms with Crippen LogP contribution >= 0.6 is 12.4 Å². The second kappa shape index (κ2) is 8.51. The minimum absolute atomic E-state index is 0. The highest BCUT2D eigenvalue weighted by atomic mass is 35.5. The fraction of sp³-hybridized carbons (Fsp3) is 0.167. The van der Waals surface area contributed by atoms with Crippen molar-refractivity contribution in [3.05, 3.63) is 53.9 Å². The van der Waals surface area contributed by atoms with Crippen molar-refractivity contribution >= 4 is 50.8 Å². The summed E-state index contributed by atoms with van der Waals surface area (Å²) in [4.78, 5) is 20.9. The van der Waals surface area contributed by atoms with Crippen LogP contribution in [0.3, 0.4) is 0 Å². The lowest BCUT2D eigenvalue weighted by Gasteiger charge is -2.14. The zero-order valence-corrected chi connectivity index (χ0v) is 16.8. The zero-order valence-electron chi connectivity index (χ0n) is 15.2. The smallest absolute Gasteiger partial charge is 0.341 e. The van der Waals surface area contributed by atoms with Gasteiger partial charge in [-0.05, 0) is 50.2 Å². The lowest BCUT2D eigenvalue weighted by atomic mass is 10.1. The van der Waals surface area contributed by atoms with Crippen LogP contribution in [0.15, 0.2) is 47.5 Å². The predicted molar refractivity (Wildman–Crippen MR) is 109 cm³/mol. The lowest BCUT2D eigenvalue weighted by Crippen LogP contribution is -2.12. The van der Waals surface area contributed by atoms with Crippen molar-refractivity contribution in [2.75, 3.05) is 11.9 Å². The Hall–Kier alpha value is -2.75. The van der Waals surface area contributed by atoms with Crippen LogP contribution in [0.1, 0.15) is 23.0 Å². The molecule has 3 rings (SSSR count). The summed E-state index contributed by atoms with van der Waals surface area (Å²) in [5, 5.41) is 8.90. The number of anilines is 2. The standard InChI is InChI=1S/C18H18N4O4S.ClH/c1-3-26-18(23)15-10-20-17-14(9-4-11(2)21-17)16(15)22-12-5-7-13(8-6-12)27(19,24)25;/h4-10H,3H2,1-2H3,(H2,19,24,25)(H,20,21,22);1H. The van der Waals surface area contributed by atoms with Gasteiger partial charge in [0.25, 0.3) is 0 Å². The van der Waals surface area contributed by atoms with Crippen molar-refractivity contribution in [2.24, 2.45) is 5.14 Å². The van der Waals surface area contributed by atoms with Gasteiger partial charge in [-0.25, -0.2) is 28.3 Å². The van der Waals surface area contributed by atoms with E-state index in [0.717, 1.165) is 5.69 Å². The van der Waals surface area contributed by atoms with Crippen molar-refractivity contribution in [1.29, 1.82) is 0 Å². The van der Waals surface area contributed by atoms with E-state index in [0.29, 0.717) is 22.4 Å². The summed E-state index contributed by atoms with van der Waals surface area (Å²) in [5.74, 6) is -0.517. The van der Waals surface area contributed by atoms with Crippen molar-refractivity contribution in [2.45, 2.75) is 18.7 Å². The third-order valence-corrected chi connectivity index (χ3v) is 4.75. The van der Waals surface area contributed by atoms with Crippen molar-refractivity contribution in [1.82, 2.24) is 9.97 Å². The first kappa shape index (κ1) is 21.5. The number of carbonyl (C=O) groups excluding carboxylic acids is 1. The number of hydrogen-bond donors (Lipinski definition) is 2. The molecule has 3 N–H and O–H groups in total. The topological polar surface area (TPSA) is 124 Å². The van der Waals surface area contributed by atoms with Gasteiger partial charge in [0.15, 0.2) is 5.65 Å². The number of rotatable bonds is 5. The van der Waals surface area contributed by atoms with E-state index in [4.69, 9.17) is 9.88 Å². The van der Waals surface area contributed by atoms with Crippen molar-refractivity contribution < 1.29 is 17.9 Å². The average Bonchev–Trinajstić information content (AvgIpc) is 2.61. The molecule has 0 amide bonds. The van der Waals surface area contributed by atoms with E-state index in [1.807, 2.05) is 19.1 Å². The number of hydrogen-bond acceptors (Lipinski definition) is 7. The fourth-order valence-electron chi connectivity index (χ4n) is 2.54. The fourth-order valence-corrected chi connectivity index (χ4v) is 3.06. The van der Waals surface area contributed by atoms with Crippen LogP contribution in [0.2, 0.25) is 0 Å². The molecule has 0 aliphatic carbocycles. The molecule has 10 heteroatoms. The predicted octanol–water partition coefficient (Wildman–Crippen LogP) is 2.93. The lowest BCUT2D eigenvalue weighted by molar-refractivity contribution is 0.0527. The Morgan fingerprint density at radius 1 is 1.18 bits per heavy atom. The molecule has 0 saturated carbocycles. The quantitative estimate of drug-likeness (QED) is 0.605. The Balaban J connectivity index is 0.00000280. The largest absolute Gasteiger partial charge is 0.462 e. The molecule has 0 unspecified atom stereocenters. The number of sulfonamides is 1. The summed E-state index contributed by atoms with van der Waals surface area (Å²) in [6.07, 6.45) is 1.41. The summed E-state index contributed by atoms with van der Waals surface area (Å²) < 4.78 is 27.9. The Kier molecular flexibility index (Phi) is 6.55. The number of esters is 1. The van der Waals surface area contributed by atoms with Crippen LogP contribution in [0.25, 0.3) is 11.0 Å². The third kappa shape index (κ3) is 4.56. The third-order valence-electron chi connectivity index (χ3n) is 3.82. The van der Waals surface area contributed by atoms with E-state index >= 15 is 0 Å². The maximum atomic E-state index is 12.3. The highest BCUT2D eigenvalue weighted by Gasteiger charge is 2.18. The van der Waals surface area contributed by atoms with E-state index in [1.54, 1.807) is 19.1 Å². The molecule has 3 aromatic rings. The highest BCUT2D eigenvalue weighted by Crippen LogP contribution is 2.29. The number of nitrogens with one attached hydrogen (secondary N) is 1. The molecule has 2 aromatic heterocycles. The zero-order chi connectivity index (χ0) is 19.6. The second-order valence-corrected chi connectivity index (χ2v) is 7.35. The van der Waals surface area contributed by atoms with E-state index in [-0.39, 0.29) is 29.5 Å². The number of halogens is 1. The number of aryl methyl sites for hydroxylation is 1. The van der Waals surface area contributed by atoms with Gasteiger partial charge in [-0.1, -0.05) is 0 Å². The number of nitrogens with two attached hydrogens (primary N) is 1. The first-order valence-electron chi connectivity index (χ1n) is 8.13. The number of nitrogens with zero attached hydrogens (tertiary/aromatic N) is 2. The molecule has 0 bridgehead atoms. The number of ether oxygens (including phenoxy) is 1. The summed E-state index contributed by atoms with van der Waals surface area (Å²) in [6.45, 7) is 3.79. The van der Waals surface area contributed by atoms with Gasteiger partial charge in [-0.3, -0.25) is 0 Å². The first-order valence-corrected chi connectivity index (χ1v) is 9.67. The van der Waals surface area contributed by atoms with Gasteiger partial charge in [0.2, 0.25) is 10.0 Å². The molecule has 8 nitrogen and oxygen atoms in total. The summed E-state index contributed by atoms with van der Waals surface area (Å²) in [6, 6.07) is 9.51. The number of carbonyl (C=O) groups is 1. The van der Waals surface area contributed by atoms with Crippen LogP contribution in [0, 0.1) is 6.92 Å². The minimum atomic E-state index is -3.78. The van der Waals surface area contributed by atoms with Gasteiger partial charge in [-0.15, -0.1) is 12.4 Å². The van der Waals surface area contributed by atoms with Crippen molar-refractivity contribution in [3.8, 4) is 0 Å². The molecule has 0 fully saturated rings. The van der Waals surface area contributed by atoms with Crippen molar-refractivity contribution in [3.63, 3.8) is 0 Å². The van der Waals surface area contributed by atoms with Gasteiger partial charge in [0, 0.05) is 23.0 Å². The molecule has 0 aliphatic rings. The number of fused-ring (bicyclic) bond motifs is 1. The van der Waals surface area contributed by atoms with Gasteiger partial charge < -0.3 is 10.1 Å². The maximum Gasteiger partial charge on any atom is 0.341 e. The van der Waals surface area contributed by atoms with E-state index in [1.165, 1.54) is 18.3 Å². The summed E-state index contributed by atoms with van der Waals surface area (Å²) in [5.41, 5.74) is 2.58. The van der Waals surface area contributed by atoms with Crippen LogP contribution in [-0.2, 0) is 14.8 Å². The van der Waals surface area contributed by atoms with Gasteiger partial charge in [-0.2, -0.15) is 0 Å². The Labute approximate surface area is 168 Å². The molecule has 0 aliphatic heterocycles.